The maximum atomic E-state index is 12.0. The van der Waals surface area contributed by atoms with Crippen molar-refractivity contribution in [2.24, 2.45) is 0 Å². The Labute approximate surface area is 149 Å². The first-order valence-electron chi connectivity index (χ1n) is 9.31. The molecular weight excluding hydrogens is 296 g/mol. The van der Waals surface area contributed by atoms with Gasteiger partial charge in [0.05, 0.1) is 6.61 Å². The van der Waals surface area contributed by atoms with E-state index < -0.39 is 0 Å². The van der Waals surface area contributed by atoms with E-state index in [1.807, 2.05) is 12.1 Å². The monoisotopic (exact) mass is 332 g/mol. The molecule has 136 valence electrons. The summed E-state index contributed by atoms with van der Waals surface area (Å²) < 4.78 is 6.29. The summed E-state index contributed by atoms with van der Waals surface area (Å²) in [6.45, 7) is 17.7. The molecule has 24 heavy (non-hydrogen) atoms. The molecule has 0 spiro atoms. The topological polar surface area (TPSA) is 26.3 Å². The van der Waals surface area contributed by atoms with Crippen LogP contribution in [0.25, 0.3) is 0 Å². The summed E-state index contributed by atoms with van der Waals surface area (Å²) in [7, 11) is 0. The van der Waals surface area contributed by atoms with Crippen molar-refractivity contribution in [1.82, 2.24) is 0 Å². The fourth-order valence-corrected chi connectivity index (χ4v) is 2.80. The molecule has 1 aromatic carbocycles. The molecule has 0 atom stereocenters. The van der Waals surface area contributed by atoms with Gasteiger partial charge in [0.2, 0.25) is 0 Å². The number of carbonyl (C=O) groups is 1. The van der Waals surface area contributed by atoms with Gasteiger partial charge in [-0.05, 0) is 36.3 Å². The van der Waals surface area contributed by atoms with Crippen molar-refractivity contribution < 1.29 is 9.53 Å². The zero-order valence-electron chi connectivity index (χ0n) is 17.0. The number of benzene rings is 1. The summed E-state index contributed by atoms with van der Waals surface area (Å²) in [6, 6.07) is 4.05. The second-order valence-electron chi connectivity index (χ2n) is 8.87. The highest BCUT2D eigenvalue weighted by Gasteiger charge is 2.28. The van der Waals surface area contributed by atoms with E-state index in [0.29, 0.717) is 0 Å². The average molecular weight is 333 g/mol. The summed E-state index contributed by atoms with van der Waals surface area (Å²) in [5, 5.41) is 0. The van der Waals surface area contributed by atoms with Crippen molar-refractivity contribution in [1.29, 1.82) is 0 Å². The van der Waals surface area contributed by atoms with E-state index in [1.165, 1.54) is 19.3 Å². The predicted molar refractivity (Wildman–Crippen MR) is 103 cm³/mol. The molecular formula is C22H36O2. The lowest BCUT2D eigenvalue weighted by Crippen LogP contribution is -2.21. The fraction of sp³-hybridized carbons (Fsp3) is 0.682. The lowest BCUT2D eigenvalue weighted by atomic mass is 9.78. The van der Waals surface area contributed by atoms with Crippen LogP contribution in [0.15, 0.2) is 12.1 Å². The molecule has 0 N–H and O–H groups in total. The average Bonchev–Trinajstić information content (AvgIpc) is 2.44. The van der Waals surface area contributed by atoms with Crippen LogP contribution < -0.4 is 4.74 Å². The summed E-state index contributed by atoms with van der Waals surface area (Å²) in [6.07, 6.45) is 4.77. The van der Waals surface area contributed by atoms with Crippen molar-refractivity contribution in [3.63, 3.8) is 0 Å². The van der Waals surface area contributed by atoms with E-state index in [0.717, 1.165) is 35.5 Å². The minimum atomic E-state index is -0.0653. The van der Waals surface area contributed by atoms with Crippen LogP contribution >= 0.6 is 0 Å². The Balaban J connectivity index is 3.32. The molecule has 0 heterocycles. The summed E-state index contributed by atoms with van der Waals surface area (Å²) in [4.78, 5) is 12.0. The van der Waals surface area contributed by atoms with Gasteiger partial charge < -0.3 is 4.74 Å². The number of ketones is 1. The Morgan fingerprint density at radius 3 is 1.79 bits per heavy atom. The summed E-state index contributed by atoms with van der Waals surface area (Å²) >= 11 is 0. The first-order valence-corrected chi connectivity index (χ1v) is 9.31. The Kier molecular flexibility index (Phi) is 7.07. The number of Topliss-reactive ketones (excluding diaryl/α,β-unsaturated/α-hetero) is 1. The van der Waals surface area contributed by atoms with E-state index in [9.17, 15) is 4.79 Å². The Morgan fingerprint density at radius 1 is 0.917 bits per heavy atom. The lowest BCUT2D eigenvalue weighted by Gasteiger charge is -2.30. The van der Waals surface area contributed by atoms with Crippen LogP contribution in [0.5, 0.6) is 5.75 Å². The molecule has 0 unspecified atom stereocenters. The molecule has 0 aliphatic carbocycles. The van der Waals surface area contributed by atoms with Gasteiger partial charge in [-0.15, -0.1) is 0 Å². The quantitative estimate of drug-likeness (QED) is 0.424. The first kappa shape index (κ1) is 20.7. The van der Waals surface area contributed by atoms with Crippen molar-refractivity contribution in [3.05, 3.63) is 28.8 Å². The van der Waals surface area contributed by atoms with Gasteiger partial charge in [0, 0.05) is 16.7 Å². The second kappa shape index (κ2) is 8.18. The van der Waals surface area contributed by atoms with E-state index in [2.05, 4.69) is 48.5 Å². The number of rotatable bonds is 7. The van der Waals surface area contributed by atoms with E-state index in [-0.39, 0.29) is 16.6 Å². The van der Waals surface area contributed by atoms with Crippen molar-refractivity contribution in [3.8, 4) is 5.75 Å². The lowest BCUT2D eigenvalue weighted by molar-refractivity contribution is 0.101. The third-order valence-electron chi connectivity index (χ3n) is 4.36. The van der Waals surface area contributed by atoms with Gasteiger partial charge in [-0.3, -0.25) is 4.79 Å². The van der Waals surface area contributed by atoms with Crippen LogP contribution in [0.1, 0.15) is 103 Å². The zero-order chi connectivity index (χ0) is 18.5. The Hall–Kier alpha value is -1.31. The standard InChI is InChI=1S/C22H36O2/c1-9-10-11-12-13-24-20-18(21(3,4)5)14-17(16(2)23)15-19(20)22(6,7)8/h14-15H,9-13H2,1-8H3. The third-order valence-corrected chi connectivity index (χ3v) is 4.36. The van der Waals surface area contributed by atoms with Crippen LogP contribution in [0, 0.1) is 0 Å². The minimum absolute atomic E-state index is 0.0653. The van der Waals surface area contributed by atoms with Crippen LogP contribution in [-0.4, -0.2) is 12.4 Å². The molecule has 2 nitrogen and oxygen atoms in total. The summed E-state index contributed by atoms with van der Waals surface area (Å²) in [5.74, 6) is 1.09. The number of carbonyl (C=O) groups excluding carboxylic acids is 1. The molecule has 2 heteroatoms. The van der Waals surface area contributed by atoms with Gasteiger partial charge in [-0.25, -0.2) is 0 Å². The predicted octanol–water partition coefficient (Wildman–Crippen LogP) is 6.44. The molecule has 0 aliphatic rings. The molecule has 0 aromatic heterocycles. The largest absolute Gasteiger partial charge is 0.493 e. The Morgan fingerprint density at radius 2 is 1.42 bits per heavy atom. The second-order valence-corrected chi connectivity index (χ2v) is 8.87. The maximum Gasteiger partial charge on any atom is 0.159 e. The smallest absolute Gasteiger partial charge is 0.159 e. The number of ether oxygens (including phenoxy) is 1. The van der Waals surface area contributed by atoms with Crippen LogP contribution in [0.2, 0.25) is 0 Å². The maximum absolute atomic E-state index is 12.0. The molecule has 1 aromatic rings. The van der Waals surface area contributed by atoms with Crippen molar-refractivity contribution in [2.75, 3.05) is 6.61 Å². The zero-order valence-corrected chi connectivity index (χ0v) is 17.0. The third kappa shape index (κ3) is 5.65. The molecule has 0 fully saturated rings. The highest BCUT2D eigenvalue weighted by Crippen LogP contribution is 2.41. The van der Waals surface area contributed by atoms with Crippen LogP contribution in [0.4, 0.5) is 0 Å². The highest BCUT2D eigenvalue weighted by molar-refractivity contribution is 5.95. The highest BCUT2D eigenvalue weighted by atomic mass is 16.5. The SMILES string of the molecule is CCCCCCOc1c(C(C)(C)C)cc(C(C)=O)cc1C(C)(C)C. The van der Waals surface area contributed by atoms with E-state index in [1.54, 1.807) is 6.92 Å². The number of hydrogen-bond donors (Lipinski definition) is 0. The van der Waals surface area contributed by atoms with Crippen LogP contribution in [0.3, 0.4) is 0 Å². The van der Waals surface area contributed by atoms with Crippen LogP contribution in [-0.2, 0) is 10.8 Å². The molecule has 0 saturated carbocycles. The first-order chi connectivity index (χ1) is 11.0. The Bertz CT molecular complexity index is 521. The van der Waals surface area contributed by atoms with E-state index >= 15 is 0 Å². The van der Waals surface area contributed by atoms with Gasteiger partial charge in [0.15, 0.2) is 5.78 Å². The molecule has 0 saturated heterocycles. The van der Waals surface area contributed by atoms with Gasteiger partial charge >= 0.3 is 0 Å². The molecule has 1 rings (SSSR count). The van der Waals surface area contributed by atoms with Gasteiger partial charge in [0.1, 0.15) is 5.75 Å². The molecule has 0 radical (unpaired) electrons. The van der Waals surface area contributed by atoms with Gasteiger partial charge in [-0.2, -0.15) is 0 Å². The molecule has 0 aliphatic heterocycles. The molecule has 0 bridgehead atoms. The molecule has 0 amide bonds. The van der Waals surface area contributed by atoms with Crippen molar-refractivity contribution in [2.45, 2.75) is 91.9 Å². The fourth-order valence-electron chi connectivity index (χ4n) is 2.80. The van der Waals surface area contributed by atoms with Gasteiger partial charge in [0.25, 0.3) is 0 Å². The number of hydrogen-bond acceptors (Lipinski definition) is 2. The van der Waals surface area contributed by atoms with Crippen molar-refractivity contribution >= 4 is 5.78 Å². The normalized spacial score (nSPS) is 12.3. The number of unbranched alkanes of at least 4 members (excludes halogenated alkanes) is 3. The van der Waals surface area contributed by atoms with Gasteiger partial charge in [-0.1, -0.05) is 67.7 Å². The minimum Gasteiger partial charge on any atom is -0.493 e. The van der Waals surface area contributed by atoms with E-state index in [4.69, 9.17) is 4.74 Å². The summed E-state index contributed by atoms with van der Waals surface area (Å²) in [5.41, 5.74) is 2.92.